The molecule has 0 aliphatic heterocycles. The van der Waals surface area contributed by atoms with Crippen LogP contribution in [-0.4, -0.2) is 53.2 Å². The molecule has 0 spiro atoms. The van der Waals surface area contributed by atoms with Crippen LogP contribution in [0.2, 0.25) is 0 Å². The number of carboxylic acid groups (broad SMARTS) is 1. The van der Waals surface area contributed by atoms with Crippen LogP contribution in [-0.2, 0) is 19.7 Å². The van der Waals surface area contributed by atoms with Gasteiger partial charge in [0.2, 0.25) is 5.91 Å². The number of aliphatic carboxylic acids is 1. The number of carboxylic acids is 1. The molecule has 0 aliphatic rings. The minimum atomic E-state index is -4.84. The molecule has 0 radical (unpaired) electrons. The molecule has 2 N–H and O–H groups in total. The van der Waals surface area contributed by atoms with Gasteiger partial charge in [-0.3, -0.25) is 14.1 Å². The molecular weight excluding hydrogens is 382 g/mol. The van der Waals surface area contributed by atoms with Crippen LogP contribution in [0.25, 0.3) is 0 Å². The molecule has 0 aromatic rings. The van der Waals surface area contributed by atoms with Crippen LogP contribution in [0.3, 0.4) is 0 Å². The van der Waals surface area contributed by atoms with Gasteiger partial charge in [0, 0.05) is 13.1 Å². The van der Waals surface area contributed by atoms with Gasteiger partial charge in [0.25, 0.3) is 10.1 Å². The van der Waals surface area contributed by atoms with E-state index < -0.39 is 33.7 Å². The SMILES string of the molecule is CCCCC(CC)CN(CC(CC)CCCC)C(=O)CC(C(=O)O)S(=O)(=O)O. The molecule has 7 nitrogen and oxygen atoms in total. The summed E-state index contributed by atoms with van der Waals surface area (Å²) in [6.45, 7) is 9.34. The van der Waals surface area contributed by atoms with Crippen LogP contribution in [0, 0.1) is 11.8 Å². The fraction of sp³-hybridized carbons (Fsp3) is 0.900. The molecule has 3 atom stereocenters. The first-order valence-corrected chi connectivity index (χ1v) is 12.1. The predicted octanol–water partition coefficient (Wildman–Crippen LogP) is 3.98. The number of hydrogen-bond acceptors (Lipinski definition) is 4. The van der Waals surface area contributed by atoms with Crippen molar-refractivity contribution < 1.29 is 27.7 Å². The zero-order valence-corrected chi connectivity index (χ0v) is 18.7. The Bertz CT molecular complexity index is 545. The number of carbonyl (C=O) groups excluding carboxylic acids is 1. The molecule has 8 heteroatoms. The summed E-state index contributed by atoms with van der Waals surface area (Å²) in [6, 6.07) is 0. The average Bonchev–Trinajstić information content (AvgIpc) is 2.63. The third-order valence-electron chi connectivity index (χ3n) is 5.39. The first-order chi connectivity index (χ1) is 13.1. The molecule has 3 unspecified atom stereocenters. The number of carbonyl (C=O) groups is 2. The van der Waals surface area contributed by atoms with Crippen molar-refractivity contribution in [1.29, 1.82) is 0 Å². The average molecular weight is 422 g/mol. The maximum absolute atomic E-state index is 12.8. The lowest BCUT2D eigenvalue weighted by molar-refractivity contribution is -0.141. The summed E-state index contributed by atoms with van der Waals surface area (Å²) >= 11 is 0. The number of nitrogens with zero attached hydrogens (tertiary/aromatic N) is 1. The maximum Gasteiger partial charge on any atom is 0.324 e. The summed E-state index contributed by atoms with van der Waals surface area (Å²) in [5.41, 5.74) is 0. The molecular formula is C20H39NO6S. The second kappa shape index (κ2) is 13.9. The highest BCUT2D eigenvalue weighted by molar-refractivity contribution is 7.87. The summed E-state index contributed by atoms with van der Waals surface area (Å²) in [4.78, 5) is 25.7. The van der Waals surface area contributed by atoms with Crippen molar-refractivity contribution in [1.82, 2.24) is 4.90 Å². The van der Waals surface area contributed by atoms with Crippen molar-refractivity contribution in [3.05, 3.63) is 0 Å². The Kier molecular flexibility index (Phi) is 13.4. The summed E-state index contributed by atoms with van der Waals surface area (Å²) < 4.78 is 31.9. The van der Waals surface area contributed by atoms with Crippen molar-refractivity contribution in [2.75, 3.05) is 13.1 Å². The highest BCUT2D eigenvalue weighted by Crippen LogP contribution is 2.20. The summed E-state index contributed by atoms with van der Waals surface area (Å²) in [5.74, 6) is -1.63. The summed E-state index contributed by atoms with van der Waals surface area (Å²) in [5, 5.41) is 7.00. The Morgan fingerprint density at radius 1 is 0.893 bits per heavy atom. The molecule has 0 fully saturated rings. The summed E-state index contributed by atoms with van der Waals surface area (Å²) in [6.07, 6.45) is 7.23. The molecule has 0 aromatic carbocycles. The standard InChI is InChI=1S/C20H39NO6S/c1-5-9-11-16(7-3)14-21(15-17(8-4)12-10-6-2)19(22)13-18(20(23)24)28(25,26)27/h16-18H,5-15H2,1-4H3,(H,23,24)(H,25,26,27). The lowest BCUT2D eigenvalue weighted by Gasteiger charge is -2.31. The van der Waals surface area contributed by atoms with E-state index >= 15 is 0 Å². The highest BCUT2D eigenvalue weighted by atomic mass is 32.2. The van der Waals surface area contributed by atoms with Gasteiger partial charge < -0.3 is 10.0 Å². The van der Waals surface area contributed by atoms with Crippen molar-refractivity contribution in [3.63, 3.8) is 0 Å². The molecule has 0 bridgehead atoms. The van der Waals surface area contributed by atoms with Crippen molar-refractivity contribution in [3.8, 4) is 0 Å². The third kappa shape index (κ3) is 10.4. The van der Waals surface area contributed by atoms with Crippen molar-refractivity contribution in [2.24, 2.45) is 11.8 Å². The second-order valence-corrected chi connectivity index (χ2v) is 9.28. The van der Waals surface area contributed by atoms with Crippen LogP contribution < -0.4 is 0 Å². The third-order valence-corrected chi connectivity index (χ3v) is 6.48. The topological polar surface area (TPSA) is 112 Å². The molecule has 28 heavy (non-hydrogen) atoms. The first-order valence-electron chi connectivity index (χ1n) is 10.6. The number of amides is 1. The van der Waals surface area contributed by atoms with E-state index in [1.54, 1.807) is 4.90 Å². The van der Waals surface area contributed by atoms with Crippen LogP contribution in [0.4, 0.5) is 0 Å². The van der Waals surface area contributed by atoms with Gasteiger partial charge in [0.1, 0.15) is 0 Å². The van der Waals surface area contributed by atoms with Crippen LogP contribution in [0.1, 0.15) is 85.5 Å². The maximum atomic E-state index is 12.8. The highest BCUT2D eigenvalue weighted by Gasteiger charge is 2.35. The molecule has 0 aliphatic carbocycles. The van der Waals surface area contributed by atoms with E-state index in [-0.39, 0.29) is 0 Å². The minimum absolute atomic E-state index is 0.293. The Balaban J connectivity index is 5.41. The van der Waals surface area contributed by atoms with Crippen LogP contribution in [0.15, 0.2) is 0 Å². The second-order valence-electron chi connectivity index (χ2n) is 7.68. The van der Waals surface area contributed by atoms with E-state index in [1.807, 2.05) is 0 Å². The number of rotatable bonds is 16. The van der Waals surface area contributed by atoms with Gasteiger partial charge in [0.05, 0.1) is 6.42 Å². The lowest BCUT2D eigenvalue weighted by Crippen LogP contribution is -2.43. The Morgan fingerprint density at radius 2 is 1.32 bits per heavy atom. The van der Waals surface area contributed by atoms with Gasteiger partial charge in [-0.2, -0.15) is 8.42 Å². The van der Waals surface area contributed by atoms with Crippen molar-refractivity contribution >= 4 is 22.0 Å². The van der Waals surface area contributed by atoms with Gasteiger partial charge in [-0.25, -0.2) is 0 Å². The van der Waals surface area contributed by atoms with Gasteiger partial charge in [-0.15, -0.1) is 0 Å². The smallest absolute Gasteiger partial charge is 0.324 e. The fourth-order valence-electron chi connectivity index (χ4n) is 3.34. The molecule has 0 saturated carbocycles. The number of hydrogen-bond donors (Lipinski definition) is 2. The van der Waals surface area contributed by atoms with E-state index in [4.69, 9.17) is 5.11 Å². The van der Waals surface area contributed by atoms with E-state index in [9.17, 15) is 22.6 Å². The Labute approximate surface area is 170 Å². The van der Waals surface area contributed by atoms with Crippen LogP contribution in [0.5, 0.6) is 0 Å². The van der Waals surface area contributed by atoms with Gasteiger partial charge in [0.15, 0.2) is 5.25 Å². The molecule has 0 aromatic heterocycles. The zero-order chi connectivity index (χ0) is 21.7. The Hall–Kier alpha value is -1.15. The predicted molar refractivity (Wildman–Crippen MR) is 111 cm³/mol. The van der Waals surface area contributed by atoms with E-state index in [0.717, 1.165) is 51.4 Å². The summed E-state index contributed by atoms with van der Waals surface area (Å²) in [7, 11) is -4.84. The largest absolute Gasteiger partial charge is 0.480 e. The molecule has 0 rings (SSSR count). The van der Waals surface area contributed by atoms with E-state index in [1.165, 1.54) is 0 Å². The molecule has 0 heterocycles. The van der Waals surface area contributed by atoms with Crippen molar-refractivity contribution in [2.45, 2.75) is 90.7 Å². The van der Waals surface area contributed by atoms with Gasteiger partial charge in [-0.05, 0) is 24.7 Å². The first kappa shape index (κ1) is 26.9. The van der Waals surface area contributed by atoms with E-state index in [2.05, 4.69) is 27.7 Å². The minimum Gasteiger partial charge on any atom is -0.480 e. The lowest BCUT2D eigenvalue weighted by atomic mass is 9.95. The number of unbranched alkanes of at least 4 members (excludes halogenated alkanes) is 2. The fourth-order valence-corrected chi connectivity index (χ4v) is 3.95. The Morgan fingerprint density at radius 3 is 1.61 bits per heavy atom. The molecule has 0 saturated heterocycles. The van der Waals surface area contributed by atoms with Crippen LogP contribution >= 0.6 is 0 Å². The monoisotopic (exact) mass is 421 g/mol. The van der Waals surface area contributed by atoms with E-state index in [0.29, 0.717) is 24.9 Å². The zero-order valence-electron chi connectivity index (χ0n) is 17.9. The normalized spacial score (nSPS) is 15.0. The quantitative estimate of drug-likeness (QED) is 0.365. The van der Waals surface area contributed by atoms with Gasteiger partial charge >= 0.3 is 5.97 Å². The molecule has 166 valence electrons. The van der Waals surface area contributed by atoms with Gasteiger partial charge in [-0.1, -0.05) is 66.2 Å². The molecule has 1 amide bonds.